The quantitative estimate of drug-likeness (QED) is 0.578. The molecule has 20 heavy (non-hydrogen) atoms. The summed E-state index contributed by atoms with van der Waals surface area (Å²) in [6.45, 7) is 0. The van der Waals surface area contributed by atoms with Crippen molar-refractivity contribution in [1.29, 1.82) is 0 Å². The molecular formula is C14H10ClIN2O2. The first-order chi connectivity index (χ1) is 9.54. The molecule has 0 fully saturated rings. The van der Waals surface area contributed by atoms with E-state index in [2.05, 4.69) is 32.6 Å². The molecule has 1 aromatic heterocycles. The third kappa shape index (κ3) is 2.48. The van der Waals surface area contributed by atoms with E-state index < -0.39 is 6.10 Å². The van der Waals surface area contributed by atoms with Gasteiger partial charge in [-0.15, -0.1) is 0 Å². The van der Waals surface area contributed by atoms with Crippen LogP contribution < -0.4 is 5.69 Å². The summed E-state index contributed by atoms with van der Waals surface area (Å²) < 4.78 is 0.933. The number of hydrogen-bond donors (Lipinski definition) is 3. The van der Waals surface area contributed by atoms with Crippen molar-refractivity contribution in [3.8, 4) is 0 Å². The highest BCUT2D eigenvalue weighted by Crippen LogP contribution is 2.29. The maximum Gasteiger partial charge on any atom is 0.323 e. The largest absolute Gasteiger partial charge is 0.384 e. The number of aromatic nitrogens is 2. The summed E-state index contributed by atoms with van der Waals surface area (Å²) in [5.74, 6) is 0. The van der Waals surface area contributed by atoms with Gasteiger partial charge in [0.2, 0.25) is 0 Å². The smallest absolute Gasteiger partial charge is 0.323 e. The Morgan fingerprint density at radius 1 is 1.10 bits per heavy atom. The number of imidazole rings is 1. The second-order valence-electron chi connectivity index (χ2n) is 4.45. The topological polar surface area (TPSA) is 68.9 Å². The molecule has 102 valence electrons. The van der Waals surface area contributed by atoms with E-state index in [-0.39, 0.29) is 5.69 Å². The molecule has 0 spiro atoms. The van der Waals surface area contributed by atoms with E-state index in [0.29, 0.717) is 21.6 Å². The Labute approximate surface area is 132 Å². The minimum atomic E-state index is -0.789. The molecule has 4 nitrogen and oxygen atoms in total. The summed E-state index contributed by atoms with van der Waals surface area (Å²) >= 11 is 8.14. The van der Waals surface area contributed by atoms with Crippen molar-refractivity contribution in [3.63, 3.8) is 0 Å². The van der Waals surface area contributed by atoms with Crippen LogP contribution >= 0.6 is 34.2 Å². The second kappa shape index (κ2) is 5.23. The second-order valence-corrected chi connectivity index (χ2v) is 6.05. The number of nitrogens with one attached hydrogen (secondary N) is 2. The molecule has 1 heterocycles. The molecule has 1 atom stereocenters. The molecule has 3 N–H and O–H groups in total. The molecule has 3 aromatic rings. The third-order valence-corrected chi connectivity index (χ3v) is 4.33. The van der Waals surface area contributed by atoms with Gasteiger partial charge in [0.15, 0.2) is 0 Å². The Balaban J connectivity index is 2.09. The van der Waals surface area contributed by atoms with E-state index in [1.807, 2.05) is 6.07 Å². The van der Waals surface area contributed by atoms with Crippen molar-refractivity contribution in [2.75, 3.05) is 0 Å². The van der Waals surface area contributed by atoms with E-state index in [9.17, 15) is 9.90 Å². The summed E-state index contributed by atoms with van der Waals surface area (Å²) in [5, 5.41) is 11.1. The average molecular weight is 401 g/mol. The van der Waals surface area contributed by atoms with Gasteiger partial charge in [0.1, 0.15) is 6.10 Å². The number of benzene rings is 2. The van der Waals surface area contributed by atoms with Gasteiger partial charge >= 0.3 is 5.69 Å². The average Bonchev–Trinajstić information content (AvgIpc) is 2.79. The Bertz CT molecular complexity index is 841. The highest BCUT2D eigenvalue weighted by Gasteiger charge is 2.15. The Morgan fingerprint density at radius 2 is 1.85 bits per heavy atom. The summed E-state index contributed by atoms with van der Waals surface area (Å²) in [6, 6.07) is 10.7. The lowest BCUT2D eigenvalue weighted by Crippen LogP contribution is -2.02. The van der Waals surface area contributed by atoms with Gasteiger partial charge in [-0.25, -0.2) is 4.79 Å². The van der Waals surface area contributed by atoms with Gasteiger partial charge in [0.05, 0.1) is 11.0 Å². The van der Waals surface area contributed by atoms with Crippen LogP contribution in [0.1, 0.15) is 17.2 Å². The number of fused-ring (bicyclic) bond motifs is 1. The molecular weight excluding hydrogens is 391 g/mol. The van der Waals surface area contributed by atoms with Crippen molar-refractivity contribution in [1.82, 2.24) is 9.97 Å². The first kappa shape index (κ1) is 13.7. The van der Waals surface area contributed by atoms with E-state index in [1.54, 1.807) is 30.3 Å². The van der Waals surface area contributed by atoms with Crippen molar-refractivity contribution in [3.05, 3.63) is 66.6 Å². The van der Waals surface area contributed by atoms with Gasteiger partial charge in [-0.3, -0.25) is 0 Å². The lowest BCUT2D eigenvalue weighted by Gasteiger charge is -2.14. The molecule has 0 aliphatic heterocycles. The SMILES string of the molecule is O=c1[nH]c2ccc(C(O)c3cc(Cl)ccc3I)cc2[nH]1. The highest BCUT2D eigenvalue weighted by atomic mass is 127. The van der Waals surface area contributed by atoms with Gasteiger partial charge in [0, 0.05) is 8.59 Å². The summed E-state index contributed by atoms with van der Waals surface area (Å²) in [5.41, 5.74) is 2.57. The fourth-order valence-corrected chi connectivity index (χ4v) is 2.93. The molecule has 3 rings (SSSR count). The van der Waals surface area contributed by atoms with Gasteiger partial charge in [-0.2, -0.15) is 0 Å². The van der Waals surface area contributed by atoms with Crippen LogP contribution in [0.4, 0.5) is 0 Å². The molecule has 0 bridgehead atoms. The van der Waals surface area contributed by atoms with Gasteiger partial charge in [0.25, 0.3) is 0 Å². The van der Waals surface area contributed by atoms with Crippen molar-refractivity contribution in [2.24, 2.45) is 0 Å². The zero-order valence-corrected chi connectivity index (χ0v) is 13.1. The summed E-state index contributed by atoms with van der Waals surface area (Å²) in [7, 11) is 0. The molecule has 0 radical (unpaired) electrons. The minimum Gasteiger partial charge on any atom is -0.384 e. The van der Waals surface area contributed by atoms with Gasteiger partial charge < -0.3 is 15.1 Å². The number of hydrogen-bond acceptors (Lipinski definition) is 2. The zero-order chi connectivity index (χ0) is 14.3. The predicted octanol–water partition coefficient (Wildman–Crippen LogP) is 3.20. The standard InChI is InChI=1S/C14H10ClIN2O2/c15-8-2-3-10(16)9(6-8)13(19)7-1-4-11-12(5-7)18-14(20)17-11/h1-6,13,19H,(H2,17,18,20). The number of aliphatic hydroxyl groups excluding tert-OH is 1. The Kier molecular flexibility index (Phi) is 3.57. The summed E-state index contributed by atoms with van der Waals surface area (Å²) in [4.78, 5) is 16.6. The summed E-state index contributed by atoms with van der Waals surface area (Å²) in [6.07, 6.45) is -0.789. The molecule has 0 aliphatic rings. The van der Waals surface area contributed by atoms with Gasteiger partial charge in [-0.05, 0) is 64.0 Å². The molecule has 0 aliphatic carbocycles. The maximum absolute atomic E-state index is 11.2. The van der Waals surface area contributed by atoms with Crippen molar-refractivity contribution < 1.29 is 5.11 Å². The molecule has 1 unspecified atom stereocenters. The first-order valence-electron chi connectivity index (χ1n) is 5.89. The number of aromatic amines is 2. The Morgan fingerprint density at radius 3 is 2.65 bits per heavy atom. The van der Waals surface area contributed by atoms with E-state index in [0.717, 1.165) is 9.13 Å². The molecule has 6 heteroatoms. The normalized spacial score (nSPS) is 12.8. The maximum atomic E-state index is 11.2. The number of halogens is 2. The lowest BCUT2D eigenvalue weighted by molar-refractivity contribution is 0.219. The van der Waals surface area contributed by atoms with E-state index >= 15 is 0 Å². The first-order valence-corrected chi connectivity index (χ1v) is 7.35. The number of H-pyrrole nitrogens is 2. The van der Waals surface area contributed by atoms with Crippen LogP contribution in [0.25, 0.3) is 11.0 Å². The highest BCUT2D eigenvalue weighted by molar-refractivity contribution is 14.1. The fourth-order valence-electron chi connectivity index (χ4n) is 2.12. The van der Waals surface area contributed by atoms with Crippen LogP contribution in [0, 0.1) is 3.57 Å². The van der Waals surface area contributed by atoms with Crippen LogP contribution in [-0.4, -0.2) is 15.1 Å². The molecule has 0 amide bonds. The van der Waals surface area contributed by atoms with Crippen LogP contribution in [0.2, 0.25) is 5.02 Å². The molecule has 2 aromatic carbocycles. The number of aliphatic hydroxyl groups is 1. The zero-order valence-electron chi connectivity index (χ0n) is 10.2. The monoisotopic (exact) mass is 400 g/mol. The van der Waals surface area contributed by atoms with E-state index in [4.69, 9.17) is 11.6 Å². The van der Waals surface area contributed by atoms with Crippen molar-refractivity contribution >= 4 is 45.2 Å². The van der Waals surface area contributed by atoms with Crippen LogP contribution in [0.5, 0.6) is 0 Å². The third-order valence-electron chi connectivity index (χ3n) is 3.11. The minimum absolute atomic E-state index is 0.260. The lowest BCUT2D eigenvalue weighted by atomic mass is 10.0. The van der Waals surface area contributed by atoms with Crippen LogP contribution in [0.3, 0.4) is 0 Å². The number of rotatable bonds is 2. The van der Waals surface area contributed by atoms with Crippen molar-refractivity contribution in [2.45, 2.75) is 6.10 Å². The van der Waals surface area contributed by atoms with Gasteiger partial charge in [-0.1, -0.05) is 17.7 Å². The van der Waals surface area contributed by atoms with E-state index in [1.165, 1.54) is 0 Å². The van der Waals surface area contributed by atoms with Crippen LogP contribution in [-0.2, 0) is 0 Å². The van der Waals surface area contributed by atoms with Crippen LogP contribution in [0.15, 0.2) is 41.2 Å². The molecule has 0 saturated heterocycles. The predicted molar refractivity (Wildman–Crippen MR) is 87.2 cm³/mol. The molecule has 0 saturated carbocycles. The fraction of sp³-hybridized carbons (Fsp3) is 0.0714. The Hall–Kier alpha value is -1.31.